The molecule has 2 aliphatic rings. The maximum Gasteiger partial charge on any atom is 0.261 e. The van der Waals surface area contributed by atoms with Gasteiger partial charge in [-0.2, -0.15) is 0 Å². The second kappa shape index (κ2) is 13.9. The zero-order valence-corrected chi connectivity index (χ0v) is 24.1. The van der Waals surface area contributed by atoms with Crippen molar-refractivity contribution >= 4 is 11.8 Å². The van der Waals surface area contributed by atoms with Crippen LogP contribution in [0.25, 0.3) is 0 Å². The normalized spacial score (nSPS) is 20.1. The summed E-state index contributed by atoms with van der Waals surface area (Å²) in [6, 6.07) is 37.2. The van der Waals surface area contributed by atoms with Gasteiger partial charge < -0.3 is 14.2 Å². The van der Waals surface area contributed by atoms with Gasteiger partial charge in [-0.05, 0) is 28.8 Å². The molecule has 3 atom stereocenters. The molecule has 0 bridgehead atoms. The van der Waals surface area contributed by atoms with Crippen molar-refractivity contribution in [3.05, 3.63) is 143 Å². The molecule has 0 N–H and O–H groups in total. The molecule has 0 aromatic heterocycles. The monoisotopic (exact) mass is 576 g/mol. The minimum Gasteiger partial charge on any atom is -0.375 e. The highest BCUT2D eigenvalue weighted by Gasteiger charge is 2.44. The summed E-state index contributed by atoms with van der Waals surface area (Å²) in [6.45, 7) is 3.15. The second-order valence-electron chi connectivity index (χ2n) is 11.0. The summed E-state index contributed by atoms with van der Waals surface area (Å²) < 4.78 is 19.4. The highest BCUT2D eigenvalue weighted by Crippen LogP contribution is 2.28. The number of amides is 2. The molecule has 0 radical (unpaired) electrons. The van der Waals surface area contributed by atoms with Crippen molar-refractivity contribution in [1.29, 1.82) is 0 Å². The van der Waals surface area contributed by atoms with E-state index in [1.807, 2.05) is 66.7 Å². The topological polar surface area (TPSA) is 68.3 Å². The number of hydrogen-bond donors (Lipinski definition) is 0. The standard InChI is InChI=1S/C36H36N2O5/c39-35-30-18-10-11-19-31(30)36(40)38(35)21-20-37-22-33(42-24-28-14-6-2-7-15-28)34(43-25-29-16-8-3-9-17-29)32(37)26-41-23-27-12-4-1-5-13-27/h1-19,32-34H,20-26H2/t32-,33-,34-/m1/s1. The molecule has 1 fully saturated rings. The maximum atomic E-state index is 13.1. The summed E-state index contributed by atoms with van der Waals surface area (Å²) in [5.41, 5.74) is 4.19. The predicted octanol–water partition coefficient (Wildman–Crippen LogP) is 5.35. The third-order valence-corrected chi connectivity index (χ3v) is 8.11. The number of imide groups is 1. The first-order chi connectivity index (χ1) is 21.2. The van der Waals surface area contributed by atoms with Crippen LogP contribution in [0.1, 0.15) is 37.4 Å². The number of carbonyl (C=O) groups excluding carboxylic acids is 2. The van der Waals surface area contributed by atoms with E-state index in [2.05, 4.69) is 29.2 Å². The fraction of sp³-hybridized carbons (Fsp3) is 0.278. The van der Waals surface area contributed by atoms with Gasteiger partial charge in [0.05, 0.1) is 49.7 Å². The van der Waals surface area contributed by atoms with E-state index in [1.54, 1.807) is 24.3 Å². The van der Waals surface area contributed by atoms with Crippen molar-refractivity contribution in [1.82, 2.24) is 9.80 Å². The molecule has 7 heteroatoms. The summed E-state index contributed by atoms with van der Waals surface area (Å²) in [5, 5.41) is 0. The smallest absolute Gasteiger partial charge is 0.261 e. The lowest BCUT2D eigenvalue weighted by atomic mass is 10.1. The molecule has 0 unspecified atom stereocenters. The lowest BCUT2D eigenvalue weighted by molar-refractivity contribution is -0.0817. The molecule has 4 aromatic rings. The number of hydrogen-bond acceptors (Lipinski definition) is 6. The molecular weight excluding hydrogens is 540 g/mol. The average Bonchev–Trinajstić information content (AvgIpc) is 3.51. The third kappa shape index (κ3) is 6.92. The molecule has 43 heavy (non-hydrogen) atoms. The van der Waals surface area contributed by atoms with Crippen LogP contribution in [0.5, 0.6) is 0 Å². The first-order valence-corrected chi connectivity index (χ1v) is 14.8. The number of benzene rings is 4. The van der Waals surface area contributed by atoms with Gasteiger partial charge in [0.2, 0.25) is 0 Å². The number of rotatable bonds is 13. The van der Waals surface area contributed by atoms with Crippen LogP contribution >= 0.6 is 0 Å². The van der Waals surface area contributed by atoms with Gasteiger partial charge in [0, 0.05) is 19.6 Å². The van der Waals surface area contributed by atoms with Gasteiger partial charge >= 0.3 is 0 Å². The van der Waals surface area contributed by atoms with Gasteiger partial charge in [-0.25, -0.2) is 0 Å². The van der Waals surface area contributed by atoms with E-state index in [4.69, 9.17) is 14.2 Å². The Hall–Kier alpha value is -4.14. The van der Waals surface area contributed by atoms with Gasteiger partial charge in [0.1, 0.15) is 6.10 Å². The Morgan fingerprint density at radius 2 is 1.07 bits per heavy atom. The summed E-state index contributed by atoms with van der Waals surface area (Å²) in [7, 11) is 0. The fourth-order valence-electron chi connectivity index (χ4n) is 5.84. The van der Waals surface area contributed by atoms with Gasteiger partial charge in [0.15, 0.2) is 0 Å². The summed E-state index contributed by atoms with van der Waals surface area (Å²) in [5.74, 6) is -0.490. The predicted molar refractivity (Wildman–Crippen MR) is 163 cm³/mol. The molecule has 4 aromatic carbocycles. The molecule has 2 aliphatic heterocycles. The van der Waals surface area contributed by atoms with Crippen molar-refractivity contribution in [2.24, 2.45) is 0 Å². The SMILES string of the molecule is O=C1c2ccccc2C(=O)N1CCN1C[C@@H](OCc2ccccc2)[C@H](OCc2ccccc2)[C@H]1COCc1ccccc1. The summed E-state index contributed by atoms with van der Waals surface area (Å²) in [6.07, 6.45) is -0.502. The van der Waals surface area contributed by atoms with Crippen molar-refractivity contribution in [2.75, 3.05) is 26.2 Å². The van der Waals surface area contributed by atoms with Crippen LogP contribution in [0.2, 0.25) is 0 Å². The highest BCUT2D eigenvalue weighted by atomic mass is 16.5. The van der Waals surface area contributed by atoms with E-state index < -0.39 is 0 Å². The molecule has 1 saturated heterocycles. The van der Waals surface area contributed by atoms with E-state index >= 15 is 0 Å². The van der Waals surface area contributed by atoms with Crippen LogP contribution in [-0.4, -0.2) is 66.1 Å². The van der Waals surface area contributed by atoms with Crippen LogP contribution in [-0.2, 0) is 34.0 Å². The minimum atomic E-state index is -0.276. The van der Waals surface area contributed by atoms with Crippen molar-refractivity contribution in [2.45, 2.75) is 38.1 Å². The number of ether oxygens (including phenoxy) is 3. The lowest BCUT2D eigenvalue weighted by Gasteiger charge is -2.29. The highest BCUT2D eigenvalue weighted by molar-refractivity contribution is 6.21. The molecule has 0 aliphatic carbocycles. The number of nitrogens with zero attached hydrogens (tertiary/aromatic N) is 2. The number of likely N-dealkylation sites (tertiary alicyclic amines) is 1. The fourth-order valence-corrected chi connectivity index (χ4v) is 5.84. The van der Waals surface area contributed by atoms with Crippen LogP contribution in [0.15, 0.2) is 115 Å². The Bertz CT molecular complexity index is 1460. The second-order valence-corrected chi connectivity index (χ2v) is 11.0. The molecule has 6 rings (SSSR count). The van der Waals surface area contributed by atoms with Gasteiger partial charge in [-0.15, -0.1) is 0 Å². The Labute approximate surface area is 252 Å². The molecule has 2 amide bonds. The third-order valence-electron chi connectivity index (χ3n) is 8.11. The van der Waals surface area contributed by atoms with Gasteiger partial charge in [-0.3, -0.25) is 19.4 Å². The van der Waals surface area contributed by atoms with E-state index in [0.29, 0.717) is 50.6 Å². The van der Waals surface area contributed by atoms with E-state index in [1.165, 1.54) is 4.90 Å². The maximum absolute atomic E-state index is 13.1. The quantitative estimate of drug-likeness (QED) is 0.200. The summed E-state index contributed by atoms with van der Waals surface area (Å²) >= 11 is 0. The van der Waals surface area contributed by atoms with Crippen LogP contribution < -0.4 is 0 Å². The molecular formula is C36H36N2O5. The van der Waals surface area contributed by atoms with Crippen LogP contribution in [0.3, 0.4) is 0 Å². The Morgan fingerprint density at radius 1 is 0.581 bits per heavy atom. The Kier molecular flexibility index (Phi) is 9.35. The van der Waals surface area contributed by atoms with Crippen LogP contribution in [0.4, 0.5) is 0 Å². The van der Waals surface area contributed by atoms with Crippen LogP contribution in [0, 0.1) is 0 Å². The summed E-state index contributed by atoms with van der Waals surface area (Å²) in [4.78, 5) is 29.8. The molecule has 7 nitrogen and oxygen atoms in total. The van der Waals surface area contributed by atoms with Gasteiger partial charge in [-0.1, -0.05) is 103 Å². The lowest BCUT2D eigenvalue weighted by Crippen LogP contribution is -2.45. The largest absolute Gasteiger partial charge is 0.375 e. The van der Waals surface area contributed by atoms with E-state index in [-0.39, 0.29) is 36.6 Å². The van der Waals surface area contributed by atoms with Crippen molar-refractivity contribution in [3.8, 4) is 0 Å². The minimum absolute atomic E-state index is 0.136. The van der Waals surface area contributed by atoms with Crippen molar-refractivity contribution < 1.29 is 23.8 Å². The van der Waals surface area contributed by atoms with E-state index in [0.717, 1.165) is 16.7 Å². The first kappa shape index (κ1) is 29.0. The Balaban J connectivity index is 1.20. The molecule has 220 valence electrons. The average molecular weight is 577 g/mol. The van der Waals surface area contributed by atoms with Crippen molar-refractivity contribution in [3.63, 3.8) is 0 Å². The zero-order chi connectivity index (χ0) is 29.4. The first-order valence-electron chi connectivity index (χ1n) is 14.8. The molecule has 0 spiro atoms. The Morgan fingerprint density at radius 3 is 1.63 bits per heavy atom. The number of fused-ring (bicyclic) bond motifs is 1. The molecule has 2 heterocycles. The molecule has 0 saturated carbocycles. The van der Waals surface area contributed by atoms with E-state index in [9.17, 15) is 9.59 Å². The number of carbonyl (C=O) groups is 2. The van der Waals surface area contributed by atoms with Gasteiger partial charge in [0.25, 0.3) is 11.8 Å². The zero-order valence-electron chi connectivity index (χ0n) is 24.1.